The molecule has 0 bridgehead atoms. The SMILES string of the molecule is CNc1cc(N2CC(=O)NC(=O)C2)nc(C(C)C)n1. The number of carbonyl (C=O) groups excluding carboxylic acids is 2. The molecular weight excluding hydrogens is 246 g/mol. The van der Waals surface area contributed by atoms with E-state index >= 15 is 0 Å². The molecule has 0 unspecified atom stereocenters. The standard InChI is InChI=1S/C12H17N5O2/c1-7(2)12-14-8(13-3)4-9(15-12)17-5-10(18)16-11(19)6-17/h4,7H,5-6H2,1-3H3,(H,13,14,15)(H,16,18,19). The van der Waals surface area contributed by atoms with Crippen LogP contribution >= 0.6 is 0 Å². The van der Waals surface area contributed by atoms with Gasteiger partial charge in [0.05, 0.1) is 13.1 Å². The summed E-state index contributed by atoms with van der Waals surface area (Å²) in [6, 6.07) is 1.73. The molecule has 1 aromatic heterocycles. The van der Waals surface area contributed by atoms with Crippen LogP contribution in [0.3, 0.4) is 0 Å². The maximum Gasteiger partial charge on any atom is 0.246 e. The first-order valence-electron chi connectivity index (χ1n) is 6.14. The molecule has 102 valence electrons. The molecule has 7 heteroatoms. The lowest BCUT2D eigenvalue weighted by atomic mass is 10.2. The molecule has 1 saturated heterocycles. The van der Waals surface area contributed by atoms with Gasteiger partial charge in [-0.15, -0.1) is 0 Å². The minimum atomic E-state index is -0.313. The monoisotopic (exact) mass is 263 g/mol. The molecule has 19 heavy (non-hydrogen) atoms. The average Bonchev–Trinajstić information content (AvgIpc) is 2.37. The summed E-state index contributed by atoms with van der Waals surface area (Å²) >= 11 is 0. The van der Waals surface area contributed by atoms with Crippen LogP contribution in [-0.4, -0.2) is 41.9 Å². The van der Waals surface area contributed by atoms with Gasteiger partial charge in [0, 0.05) is 19.0 Å². The summed E-state index contributed by atoms with van der Waals surface area (Å²) in [5, 5.41) is 5.23. The highest BCUT2D eigenvalue weighted by atomic mass is 16.2. The molecule has 0 atom stereocenters. The molecule has 1 aliphatic heterocycles. The van der Waals surface area contributed by atoms with Crippen LogP contribution < -0.4 is 15.5 Å². The number of nitrogens with one attached hydrogen (secondary N) is 2. The third-order valence-corrected chi connectivity index (χ3v) is 2.77. The van der Waals surface area contributed by atoms with Crippen molar-refractivity contribution in [1.82, 2.24) is 15.3 Å². The quantitative estimate of drug-likeness (QED) is 0.752. The Hall–Kier alpha value is -2.18. The zero-order chi connectivity index (χ0) is 14.0. The lowest BCUT2D eigenvalue weighted by Gasteiger charge is -2.27. The number of anilines is 2. The summed E-state index contributed by atoms with van der Waals surface area (Å²) in [6.45, 7) is 4.24. The molecule has 0 spiro atoms. The molecule has 1 fully saturated rings. The van der Waals surface area contributed by atoms with Crippen molar-refractivity contribution in [2.75, 3.05) is 30.4 Å². The van der Waals surface area contributed by atoms with Crippen LogP contribution in [0.25, 0.3) is 0 Å². The van der Waals surface area contributed by atoms with Gasteiger partial charge in [0.1, 0.15) is 17.5 Å². The second-order valence-corrected chi connectivity index (χ2v) is 4.70. The predicted octanol–water partition coefficient (Wildman–Crippen LogP) is 0.104. The number of imide groups is 1. The fourth-order valence-corrected chi connectivity index (χ4v) is 1.80. The van der Waals surface area contributed by atoms with Crippen molar-refractivity contribution in [3.8, 4) is 0 Å². The van der Waals surface area contributed by atoms with E-state index in [-0.39, 0.29) is 30.8 Å². The Bertz CT molecular complexity index is 499. The van der Waals surface area contributed by atoms with Crippen LogP contribution in [0.5, 0.6) is 0 Å². The summed E-state index contributed by atoms with van der Waals surface area (Å²) in [5.74, 6) is 1.49. The molecule has 2 heterocycles. The highest BCUT2D eigenvalue weighted by Crippen LogP contribution is 2.20. The fourth-order valence-electron chi connectivity index (χ4n) is 1.80. The van der Waals surface area contributed by atoms with Gasteiger partial charge in [-0.05, 0) is 0 Å². The molecule has 0 aromatic carbocycles. The topological polar surface area (TPSA) is 87.2 Å². The van der Waals surface area contributed by atoms with Crippen LogP contribution in [0.15, 0.2) is 6.07 Å². The fraction of sp³-hybridized carbons (Fsp3) is 0.500. The van der Waals surface area contributed by atoms with E-state index < -0.39 is 0 Å². The van der Waals surface area contributed by atoms with Gasteiger partial charge in [0.2, 0.25) is 11.8 Å². The van der Waals surface area contributed by atoms with Crippen LogP contribution in [0, 0.1) is 0 Å². The molecule has 2 amide bonds. The second-order valence-electron chi connectivity index (χ2n) is 4.70. The Morgan fingerprint density at radius 1 is 1.26 bits per heavy atom. The van der Waals surface area contributed by atoms with Gasteiger partial charge in [0.25, 0.3) is 0 Å². The van der Waals surface area contributed by atoms with Crippen molar-refractivity contribution >= 4 is 23.5 Å². The third-order valence-electron chi connectivity index (χ3n) is 2.77. The Morgan fingerprint density at radius 2 is 1.89 bits per heavy atom. The minimum Gasteiger partial charge on any atom is -0.373 e. The molecule has 1 aromatic rings. The van der Waals surface area contributed by atoms with E-state index in [1.54, 1.807) is 18.0 Å². The summed E-state index contributed by atoms with van der Waals surface area (Å²) in [6.07, 6.45) is 0. The van der Waals surface area contributed by atoms with E-state index in [4.69, 9.17) is 0 Å². The maximum absolute atomic E-state index is 11.4. The number of nitrogens with zero attached hydrogens (tertiary/aromatic N) is 3. The van der Waals surface area contributed by atoms with E-state index in [1.165, 1.54) is 0 Å². The summed E-state index contributed by atoms with van der Waals surface area (Å²) in [5.41, 5.74) is 0. The van der Waals surface area contributed by atoms with E-state index in [1.807, 2.05) is 13.8 Å². The average molecular weight is 263 g/mol. The molecule has 0 saturated carbocycles. The molecule has 0 radical (unpaired) electrons. The summed E-state index contributed by atoms with van der Waals surface area (Å²) < 4.78 is 0. The maximum atomic E-state index is 11.4. The van der Waals surface area contributed by atoms with Gasteiger partial charge in [-0.25, -0.2) is 9.97 Å². The molecular formula is C12H17N5O2. The number of rotatable bonds is 3. The first-order valence-corrected chi connectivity index (χ1v) is 6.14. The van der Waals surface area contributed by atoms with Crippen molar-refractivity contribution in [3.05, 3.63) is 11.9 Å². The lowest BCUT2D eigenvalue weighted by Crippen LogP contribution is -2.51. The van der Waals surface area contributed by atoms with Crippen LogP contribution in [0.4, 0.5) is 11.6 Å². The van der Waals surface area contributed by atoms with E-state index in [2.05, 4.69) is 20.6 Å². The van der Waals surface area contributed by atoms with Crippen molar-refractivity contribution in [1.29, 1.82) is 0 Å². The van der Waals surface area contributed by atoms with Crippen LogP contribution in [0.1, 0.15) is 25.6 Å². The first kappa shape index (κ1) is 13.3. The number of piperazine rings is 1. The number of hydrogen-bond acceptors (Lipinski definition) is 6. The predicted molar refractivity (Wildman–Crippen MR) is 71.0 cm³/mol. The largest absolute Gasteiger partial charge is 0.373 e. The van der Waals surface area contributed by atoms with Crippen LogP contribution in [-0.2, 0) is 9.59 Å². The molecule has 2 rings (SSSR count). The lowest BCUT2D eigenvalue weighted by molar-refractivity contribution is -0.130. The smallest absolute Gasteiger partial charge is 0.246 e. The van der Waals surface area contributed by atoms with E-state index in [0.717, 1.165) is 0 Å². The third kappa shape index (κ3) is 2.98. The summed E-state index contributed by atoms with van der Waals surface area (Å²) in [7, 11) is 1.77. The Morgan fingerprint density at radius 3 is 2.42 bits per heavy atom. The molecule has 1 aliphatic rings. The Balaban J connectivity index is 2.35. The van der Waals surface area contributed by atoms with Gasteiger partial charge in [-0.1, -0.05) is 13.8 Å². The van der Waals surface area contributed by atoms with Gasteiger partial charge in [-0.3, -0.25) is 14.9 Å². The highest BCUT2D eigenvalue weighted by Gasteiger charge is 2.24. The highest BCUT2D eigenvalue weighted by molar-refractivity contribution is 6.02. The van der Waals surface area contributed by atoms with Crippen molar-refractivity contribution in [2.24, 2.45) is 0 Å². The number of hydrogen-bond donors (Lipinski definition) is 2. The Labute approximate surface area is 111 Å². The zero-order valence-electron chi connectivity index (χ0n) is 11.2. The van der Waals surface area contributed by atoms with Crippen molar-refractivity contribution < 1.29 is 9.59 Å². The number of aromatic nitrogens is 2. The minimum absolute atomic E-state index is 0.128. The van der Waals surface area contributed by atoms with Gasteiger partial charge in [0.15, 0.2) is 0 Å². The normalized spacial score (nSPS) is 15.7. The Kier molecular flexibility index (Phi) is 3.64. The van der Waals surface area contributed by atoms with Crippen LogP contribution in [0.2, 0.25) is 0 Å². The van der Waals surface area contributed by atoms with E-state index in [9.17, 15) is 9.59 Å². The van der Waals surface area contributed by atoms with Gasteiger partial charge >= 0.3 is 0 Å². The number of amides is 2. The summed E-state index contributed by atoms with van der Waals surface area (Å²) in [4.78, 5) is 33.2. The van der Waals surface area contributed by atoms with Gasteiger partial charge < -0.3 is 10.2 Å². The number of carbonyl (C=O) groups is 2. The van der Waals surface area contributed by atoms with Crippen molar-refractivity contribution in [2.45, 2.75) is 19.8 Å². The van der Waals surface area contributed by atoms with Crippen molar-refractivity contribution in [3.63, 3.8) is 0 Å². The zero-order valence-corrected chi connectivity index (χ0v) is 11.2. The second kappa shape index (κ2) is 5.21. The van der Waals surface area contributed by atoms with Gasteiger partial charge in [-0.2, -0.15) is 0 Å². The van der Waals surface area contributed by atoms with E-state index in [0.29, 0.717) is 17.5 Å². The first-order chi connectivity index (χ1) is 8.99. The molecule has 2 N–H and O–H groups in total. The molecule has 0 aliphatic carbocycles. The molecule has 7 nitrogen and oxygen atoms in total.